The fourth-order valence-electron chi connectivity index (χ4n) is 0. The highest BCUT2D eigenvalue weighted by Gasteiger charge is 2.00. The van der Waals surface area contributed by atoms with E-state index in [1.54, 1.807) is 0 Å². The van der Waals surface area contributed by atoms with Gasteiger partial charge in [0.25, 0.3) is 0 Å². The Morgan fingerprint density at radius 3 is 0.867 bits per heavy atom. The number of hydrazine groups is 1. The molecule has 0 rings (SSSR count). The van der Waals surface area contributed by atoms with E-state index in [1.807, 2.05) is 0 Å². The molecule has 0 aromatic rings. The molecule has 102 valence electrons. The summed E-state index contributed by atoms with van der Waals surface area (Å²) < 4.78 is 40.5. The highest BCUT2D eigenvalue weighted by atomic mass is 32.3. The Morgan fingerprint density at radius 2 is 0.867 bits per heavy atom. The third-order valence-corrected chi connectivity index (χ3v) is 0. The summed E-state index contributed by atoms with van der Waals surface area (Å²) >= 11 is 0. The summed E-state index contributed by atoms with van der Waals surface area (Å²) in [6, 6.07) is 0. The molecule has 0 unspecified atom stereocenters. The molecule has 15 heavy (non-hydrogen) atoms. The van der Waals surface area contributed by atoms with Crippen molar-refractivity contribution < 1.29 is 36.8 Å². The van der Waals surface area contributed by atoms with Crippen LogP contribution in [0.4, 0.5) is 0 Å². The summed E-state index contributed by atoms with van der Waals surface area (Å²) in [5.41, 5.74) is 0. The lowest BCUT2D eigenvalue weighted by molar-refractivity contribution is 0.275. The van der Waals surface area contributed by atoms with E-state index in [2.05, 4.69) is 11.7 Å². The van der Waals surface area contributed by atoms with Gasteiger partial charge in [-0.25, -0.2) is 4.57 Å². The summed E-state index contributed by atoms with van der Waals surface area (Å²) in [6.07, 6.45) is 0. The van der Waals surface area contributed by atoms with E-state index in [1.165, 1.54) is 0 Å². The van der Waals surface area contributed by atoms with Gasteiger partial charge in [-0.3, -0.25) is 20.8 Å². The van der Waals surface area contributed by atoms with E-state index in [0.717, 1.165) is 0 Å². The molecule has 0 atom stereocenters. The molecule has 0 radical (unpaired) electrons. The van der Waals surface area contributed by atoms with Gasteiger partial charge in [-0.2, -0.15) is 8.42 Å². The molecule has 13 nitrogen and oxygen atoms in total. The number of nitrogens with two attached hydrogens (primary N) is 2. The molecule has 0 aromatic carbocycles. The molecule has 0 aliphatic heterocycles. The van der Waals surface area contributed by atoms with Crippen LogP contribution in [0.15, 0.2) is 0 Å². The predicted octanol–water partition coefficient (Wildman–Crippen LogP) is -2.28. The largest absolute Gasteiger partial charge is 0.466 e. The zero-order chi connectivity index (χ0) is 11.0. The number of rotatable bonds is 0. The van der Waals surface area contributed by atoms with Gasteiger partial charge < -0.3 is 33.1 Å². The highest BCUT2D eigenvalue weighted by molar-refractivity contribution is 7.79. The van der Waals surface area contributed by atoms with Gasteiger partial charge >= 0.3 is 18.2 Å². The molecule has 0 aromatic heterocycles. The van der Waals surface area contributed by atoms with E-state index in [9.17, 15) is 0 Å². The molecule has 15 heteroatoms. The zero-order valence-corrected chi connectivity index (χ0v) is 9.30. The fraction of sp³-hybridized carbons (Fsp3) is 0. The Labute approximate surface area is 86.0 Å². The van der Waals surface area contributed by atoms with Crippen LogP contribution in [0.2, 0.25) is 0 Å². The second-order valence-corrected chi connectivity index (χ2v) is 2.88. The van der Waals surface area contributed by atoms with Crippen molar-refractivity contribution in [1.29, 1.82) is 0 Å². The summed E-state index contributed by atoms with van der Waals surface area (Å²) in [4.78, 5) is 21.6. The van der Waals surface area contributed by atoms with E-state index >= 15 is 0 Å². The van der Waals surface area contributed by atoms with Crippen molar-refractivity contribution >= 4 is 18.2 Å². The van der Waals surface area contributed by atoms with Gasteiger partial charge in [-0.05, 0) is 0 Å². The third kappa shape index (κ3) is 39500. The molecular weight excluding hydrogens is 261 g/mol. The maximum Gasteiger partial charge on any atom is 0.466 e. The molecular formula is H18N5O8PS. The Balaban J connectivity index is -0.0000000197. The smallest absolute Gasteiger partial charge is 0.344 e. The van der Waals surface area contributed by atoms with Gasteiger partial charge in [-0.1, -0.05) is 0 Å². The number of phosphoric acid groups is 1. The van der Waals surface area contributed by atoms with Crippen molar-refractivity contribution in [3.63, 3.8) is 0 Å². The Bertz CT molecular complexity index is 201. The average Bonchev–Trinajstić information content (AvgIpc) is 1.59. The van der Waals surface area contributed by atoms with Crippen LogP contribution >= 0.6 is 7.82 Å². The lowest BCUT2D eigenvalue weighted by Gasteiger charge is -1.82. The van der Waals surface area contributed by atoms with E-state index in [-0.39, 0.29) is 18.5 Å². The van der Waals surface area contributed by atoms with Crippen LogP contribution in [0, 0.1) is 0 Å². The normalized spacial score (nSPS) is 8.20. The van der Waals surface area contributed by atoms with Gasteiger partial charge in [0.2, 0.25) is 0 Å². The minimum Gasteiger partial charge on any atom is -0.344 e. The topological polar surface area (TPSA) is 309 Å². The molecule has 0 heterocycles. The Morgan fingerprint density at radius 1 is 0.867 bits per heavy atom. The summed E-state index contributed by atoms with van der Waals surface area (Å²) in [6.45, 7) is 0. The lowest BCUT2D eigenvalue weighted by Crippen LogP contribution is -2.02. The van der Waals surface area contributed by atoms with Gasteiger partial charge in [0, 0.05) is 0 Å². The van der Waals surface area contributed by atoms with Crippen LogP contribution in [0.1, 0.15) is 0 Å². The van der Waals surface area contributed by atoms with Crippen LogP contribution in [0.3, 0.4) is 0 Å². The maximum atomic E-state index is 8.88. The summed E-state index contributed by atoms with van der Waals surface area (Å²) in [5, 5.41) is 0. The van der Waals surface area contributed by atoms with Crippen molar-refractivity contribution in [3.05, 3.63) is 0 Å². The van der Waals surface area contributed by atoms with Crippen molar-refractivity contribution in [3.8, 4) is 0 Å². The second-order valence-electron chi connectivity index (χ2n) is 0.961. The highest BCUT2D eigenvalue weighted by Crippen LogP contribution is 2.25. The first-order chi connectivity index (χ1) is 5.00. The van der Waals surface area contributed by atoms with Gasteiger partial charge in [0.05, 0.1) is 0 Å². The van der Waals surface area contributed by atoms with Gasteiger partial charge in [-0.15, -0.1) is 0 Å². The van der Waals surface area contributed by atoms with Gasteiger partial charge in [0.15, 0.2) is 0 Å². The van der Waals surface area contributed by atoms with E-state index < -0.39 is 18.2 Å². The van der Waals surface area contributed by atoms with Crippen LogP contribution in [-0.2, 0) is 15.0 Å². The minimum absolute atomic E-state index is 0. The molecule has 0 fully saturated rings. The van der Waals surface area contributed by atoms with Crippen LogP contribution in [0.25, 0.3) is 0 Å². The first kappa shape index (κ1) is 36.4. The molecule has 0 aliphatic carbocycles. The van der Waals surface area contributed by atoms with Crippen molar-refractivity contribution in [2.75, 3.05) is 0 Å². The van der Waals surface area contributed by atoms with Crippen LogP contribution in [0.5, 0.6) is 0 Å². The lowest BCUT2D eigenvalue weighted by atomic mass is 13.0. The molecule has 0 aliphatic rings. The predicted molar refractivity (Wildman–Crippen MR) is 51.9 cm³/mol. The third-order valence-electron chi connectivity index (χ3n) is 0. The van der Waals surface area contributed by atoms with Crippen molar-refractivity contribution in [2.45, 2.75) is 0 Å². The molecule has 0 bridgehead atoms. The molecule has 0 saturated heterocycles. The first-order valence-corrected chi connectivity index (χ1v) is 4.78. The maximum absolute atomic E-state index is 8.88. The minimum atomic E-state index is -4.67. The SMILES string of the molecule is N.N.N.NN.O=P(O)(O)O.O=S(=O)(O)O. The van der Waals surface area contributed by atoms with E-state index in [4.69, 9.17) is 36.8 Å². The fourth-order valence-corrected chi connectivity index (χ4v) is 0. The van der Waals surface area contributed by atoms with Crippen LogP contribution in [-0.4, -0.2) is 32.2 Å². The standard InChI is InChI=1S/H4N2.3H3N.H3O4P.H2O4S/c1-2;;;;2*1-5(2,3)4/h1-2H2;3*1H3;(H3,1,2,3,4);(H2,1,2,3,4). The van der Waals surface area contributed by atoms with Gasteiger partial charge in [0.1, 0.15) is 0 Å². The molecule has 0 spiro atoms. The number of hydrogen-bond acceptors (Lipinski definition) is 8. The molecule has 0 amide bonds. The second kappa shape index (κ2) is 16.2. The van der Waals surface area contributed by atoms with Crippen LogP contribution < -0.4 is 30.1 Å². The Kier molecular flexibility index (Phi) is 39.4. The van der Waals surface area contributed by atoms with Crippen molar-refractivity contribution in [1.82, 2.24) is 18.5 Å². The monoisotopic (exact) mass is 279 g/mol. The summed E-state index contributed by atoms with van der Waals surface area (Å²) in [7, 11) is -9.31. The number of hydrogen-bond donors (Lipinski definition) is 10. The zero-order valence-electron chi connectivity index (χ0n) is 7.59. The quantitative estimate of drug-likeness (QED) is 0.0966. The average molecular weight is 279 g/mol. The molecule has 0 saturated carbocycles. The molecule has 18 N–H and O–H groups in total. The van der Waals surface area contributed by atoms with Crippen molar-refractivity contribution in [2.24, 2.45) is 11.7 Å². The first-order valence-electron chi connectivity index (χ1n) is 1.81. The Hall–Kier alpha value is -0.220. The van der Waals surface area contributed by atoms with E-state index in [0.29, 0.717) is 0 Å². The summed E-state index contributed by atoms with van der Waals surface area (Å²) in [5.74, 6) is 8.00.